The standard InChI is InChI=1S/C10H20N2O2/c1-9(7-11-10(2)13)8-12-3-5-14-6-4-12/h9H,3-8H2,1-2H3,(H,11,13). The molecule has 82 valence electrons. The fourth-order valence-corrected chi connectivity index (χ4v) is 1.61. The van der Waals surface area contributed by atoms with Gasteiger partial charge in [-0.2, -0.15) is 0 Å². The van der Waals surface area contributed by atoms with Gasteiger partial charge < -0.3 is 10.1 Å². The second-order valence-corrected chi connectivity index (χ2v) is 3.96. The molecule has 14 heavy (non-hydrogen) atoms. The third-order valence-corrected chi connectivity index (χ3v) is 2.37. The topological polar surface area (TPSA) is 41.6 Å². The zero-order valence-corrected chi connectivity index (χ0v) is 9.08. The first-order chi connectivity index (χ1) is 6.68. The highest BCUT2D eigenvalue weighted by Gasteiger charge is 2.13. The van der Waals surface area contributed by atoms with E-state index in [4.69, 9.17) is 4.74 Å². The molecule has 0 aromatic carbocycles. The highest BCUT2D eigenvalue weighted by atomic mass is 16.5. The Bertz CT molecular complexity index is 179. The third-order valence-electron chi connectivity index (χ3n) is 2.37. The number of carbonyl (C=O) groups is 1. The van der Waals surface area contributed by atoms with Gasteiger partial charge >= 0.3 is 0 Å². The predicted octanol–water partition coefficient (Wildman–Crippen LogP) is 0.0908. The summed E-state index contributed by atoms with van der Waals surface area (Å²) in [6.45, 7) is 9.25. The molecule has 0 spiro atoms. The number of amides is 1. The second kappa shape index (κ2) is 5.98. The number of nitrogens with zero attached hydrogens (tertiary/aromatic N) is 1. The van der Waals surface area contributed by atoms with Crippen molar-refractivity contribution in [2.45, 2.75) is 13.8 Å². The van der Waals surface area contributed by atoms with E-state index in [1.54, 1.807) is 6.92 Å². The maximum atomic E-state index is 10.7. The van der Waals surface area contributed by atoms with Crippen LogP contribution in [0.5, 0.6) is 0 Å². The Morgan fingerprint density at radius 3 is 2.71 bits per heavy atom. The van der Waals surface area contributed by atoms with Gasteiger partial charge in [0.05, 0.1) is 13.2 Å². The van der Waals surface area contributed by atoms with Crippen LogP contribution in [0.3, 0.4) is 0 Å². The first-order valence-corrected chi connectivity index (χ1v) is 5.23. The molecule has 1 fully saturated rings. The zero-order chi connectivity index (χ0) is 10.4. The molecule has 1 rings (SSSR count). The lowest BCUT2D eigenvalue weighted by Crippen LogP contribution is -2.41. The number of carbonyl (C=O) groups excluding carboxylic acids is 1. The fraction of sp³-hybridized carbons (Fsp3) is 0.900. The van der Waals surface area contributed by atoms with Gasteiger partial charge in [0.2, 0.25) is 5.91 Å². The zero-order valence-electron chi connectivity index (χ0n) is 9.08. The molecule has 1 aliphatic rings. The van der Waals surface area contributed by atoms with Crippen LogP contribution in [0.25, 0.3) is 0 Å². The molecule has 0 aliphatic carbocycles. The Labute approximate surface area is 85.6 Å². The lowest BCUT2D eigenvalue weighted by molar-refractivity contribution is -0.119. The van der Waals surface area contributed by atoms with E-state index in [1.807, 2.05) is 0 Å². The maximum absolute atomic E-state index is 10.7. The van der Waals surface area contributed by atoms with E-state index >= 15 is 0 Å². The second-order valence-electron chi connectivity index (χ2n) is 3.96. The van der Waals surface area contributed by atoms with E-state index in [0.29, 0.717) is 5.92 Å². The van der Waals surface area contributed by atoms with Crippen LogP contribution in [0.15, 0.2) is 0 Å². The van der Waals surface area contributed by atoms with Gasteiger partial charge in [-0.15, -0.1) is 0 Å². The Balaban J connectivity index is 2.11. The van der Waals surface area contributed by atoms with Crippen LogP contribution in [0.1, 0.15) is 13.8 Å². The maximum Gasteiger partial charge on any atom is 0.216 e. The van der Waals surface area contributed by atoms with Crippen LogP contribution < -0.4 is 5.32 Å². The van der Waals surface area contributed by atoms with Crippen molar-refractivity contribution >= 4 is 5.91 Å². The van der Waals surface area contributed by atoms with Crippen molar-refractivity contribution in [2.24, 2.45) is 5.92 Å². The van der Waals surface area contributed by atoms with E-state index < -0.39 is 0 Å². The van der Waals surface area contributed by atoms with Crippen LogP contribution in [0.4, 0.5) is 0 Å². The molecular formula is C10H20N2O2. The van der Waals surface area contributed by atoms with Crippen molar-refractivity contribution in [1.82, 2.24) is 10.2 Å². The lowest BCUT2D eigenvalue weighted by atomic mass is 10.1. The molecule has 1 amide bonds. The SMILES string of the molecule is CC(=O)NCC(C)CN1CCOCC1. The van der Waals surface area contributed by atoms with Gasteiger partial charge in [0, 0.05) is 33.1 Å². The third kappa shape index (κ3) is 4.58. The van der Waals surface area contributed by atoms with E-state index in [0.717, 1.165) is 39.4 Å². The molecule has 4 nitrogen and oxygen atoms in total. The molecule has 1 N–H and O–H groups in total. The van der Waals surface area contributed by atoms with Gasteiger partial charge in [-0.1, -0.05) is 6.92 Å². The Morgan fingerprint density at radius 1 is 1.50 bits per heavy atom. The molecule has 0 aromatic rings. The summed E-state index contributed by atoms with van der Waals surface area (Å²) in [7, 11) is 0. The van der Waals surface area contributed by atoms with E-state index in [2.05, 4.69) is 17.1 Å². The summed E-state index contributed by atoms with van der Waals surface area (Å²) >= 11 is 0. The Hall–Kier alpha value is -0.610. The summed E-state index contributed by atoms with van der Waals surface area (Å²) in [6, 6.07) is 0. The molecule has 0 aromatic heterocycles. The molecular weight excluding hydrogens is 180 g/mol. The average Bonchev–Trinajstić information content (AvgIpc) is 2.16. The number of morpholine rings is 1. The van der Waals surface area contributed by atoms with Crippen molar-refractivity contribution in [1.29, 1.82) is 0 Å². The van der Waals surface area contributed by atoms with Crippen LogP contribution in [0, 0.1) is 5.92 Å². The van der Waals surface area contributed by atoms with E-state index in [-0.39, 0.29) is 5.91 Å². The molecule has 0 radical (unpaired) electrons. The first-order valence-electron chi connectivity index (χ1n) is 5.23. The summed E-state index contributed by atoms with van der Waals surface area (Å²) in [6.07, 6.45) is 0. The van der Waals surface area contributed by atoms with Crippen LogP contribution in [-0.4, -0.2) is 50.2 Å². The van der Waals surface area contributed by atoms with Gasteiger partial charge in [-0.3, -0.25) is 9.69 Å². The first kappa shape index (κ1) is 11.5. The molecule has 1 atom stereocenters. The lowest BCUT2D eigenvalue weighted by Gasteiger charge is -2.29. The van der Waals surface area contributed by atoms with Gasteiger partial charge in [-0.05, 0) is 5.92 Å². The highest BCUT2D eigenvalue weighted by Crippen LogP contribution is 2.02. The van der Waals surface area contributed by atoms with Gasteiger partial charge in [-0.25, -0.2) is 0 Å². The van der Waals surface area contributed by atoms with Gasteiger partial charge in [0.15, 0.2) is 0 Å². The van der Waals surface area contributed by atoms with Crippen molar-refractivity contribution in [3.8, 4) is 0 Å². The molecule has 0 bridgehead atoms. The number of nitrogens with one attached hydrogen (secondary N) is 1. The smallest absolute Gasteiger partial charge is 0.216 e. The molecule has 1 heterocycles. The fourth-order valence-electron chi connectivity index (χ4n) is 1.61. The van der Waals surface area contributed by atoms with Crippen molar-refractivity contribution < 1.29 is 9.53 Å². The largest absolute Gasteiger partial charge is 0.379 e. The Morgan fingerprint density at radius 2 is 2.14 bits per heavy atom. The average molecular weight is 200 g/mol. The number of ether oxygens (including phenoxy) is 1. The minimum absolute atomic E-state index is 0.0545. The molecule has 1 unspecified atom stereocenters. The summed E-state index contributed by atoms with van der Waals surface area (Å²) < 4.78 is 5.27. The summed E-state index contributed by atoms with van der Waals surface area (Å²) in [4.78, 5) is 13.1. The monoisotopic (exact) mass is 200 g/mol. The molecule has 1 saturated heterocycles. The van der Waals surface area contributed by atoms with Crippen LogP contribution in [0.2, 0.25) is 0 Å². The summed E-state index contributed by atoms with van der Waals surface area (Å²) in [5.41, 5.74) is 0. The molecule has 1 aliphatic heterocycles. The molecule has 4 heteroatoms. The normalized spacial score (nSPS) is 20.4. The van der Waals surface area contributed by atoms with Crippen LogP contribution in [-0.2, 0) is 9.53 Å². The number of hydrogen-bond acceptors (Lipinski definition) is 3. The van der Waals surface area contributed by atoms with Crippen molar-refractivity contribution in [2.75, 3.05) is 39.4 Å². The van der Waals surface area contributed by atoms with Gasteiger partial charge in [0.25, 0.3) is 0 Å². The highest BCUT2D eigenvalue weighted by molar-refractivity contribution is 5.72. The number of hydrogen-bond donors (Lipinski definition) is 1. The predicted molar refractivity (Wildman–Crippen MR) is 55.1 cm³/mol. The van der Waals surface area contributed by atoms with Crippen molar-refractivity contribution in [3.63, 3.8) is 0 Å². The van der Waals surface area contributed by atoms with E-state index in [1.165, 1.54) is 0 Å². The quantitative estimate of drug-likeness (QED) is 0.699. The van der Waals surface area contributed by atoms with Gasteiger partial charge in [0.1, 0.15) is 0 Å². The summed E-state index contributed by atoms with van der Waals surface area (Å²) in [5.74, 6) is 0.566. The van der Waals surface area contributed by atoms with Crippen molar-refractivity contribution in [3.05, 3.63) is 0 Å². The summed E-state index contributed by atoms with van der Waals surface area (Å²) in [5, 5.41) is 2.84. The number of rotatable bonds is 4. The van der Waals surface area contributed by atoms with E-state index in [9.17, 15) is 4.79 Å². The Kier molecular flexibility index (Phi) is 4.90. The minimum Gasteiger partial charge on any atom is -0.379 e. The van der Waals surface area contributed by atoms with Crippen LogP contribution >= 0.6 is 0 Å². The minimum atomic E-state index is 0.0545. The molecule has 0 saturated carbocycles.